The first-order valence-electron chi connectivity index (χ1n) is 6.88. The van der Waals surface area contributed by atoms with Crippen molar-refractivity contribution in [3.8, 4) is 0 Å². The van der Waals surface area contributed by atoms with E-state index in [9.17, 15) is 4.79 Å². The molecule has 0 atom stereocenters. The van der Waals surface area contributed by atoms with Gasteiger partial charge in [0.05, 0.1) is 0 Å². The maximum Gasteiger partial charge on any atom is 0.253 e. The number of likely N-dealkylation sites (tertiary alicyclic amines) is 2. The van der Waals surface area contributed by atoms with E-state index >= 15 is 0 Å². The summed E-state index contributed by atoms with van der Waals surface area (Å²) in [5.74, 6) is 0.169. The highest BCUT2D eigenvalue weighted by Gasteiger charge is 2.48. The molecule has 1 N–H and O–H groups in total. The molecule has 2 heterocycles. The summed E-state index contributed by atoms with van der Waals surface area (Å²) in [5.41, 5.74) is 2.21. The molecule has 3 rings (SSSR count). The van der Waals surface area contributed by atoms with Gasteiger partial charge in [0.1, 0.15) is 0 Å². The summed E-state index contributed by atoms with van der Waals surface area (Å²) < 4.78 is 0. The molecule has 0 saturated carbocycles. The number of carbonyl (C=O) groups excluding carboxylic acids is 1. The van der Waals surface area contributed by atoms with Gasteiger partial charge in [0.15, 0.2) is 0 Å². The Morgan fingerprint density at radius 3 is 2.42 bits per heavy atom. The summed E-state index contributed by atoms with van der Waals surface area (Å²) >= 11 is 0. The fraction of sp³-hybridized carbons (Fsp3) is 0.533. The minimum atomic E-state index is 0.169. The summed E-state index contributed by atoms with van der Waals surface area (Å²) in [7, 11) is 4.04. The van der Waals surface area contributed by atoms with Crippen LogP contribution >= 0.6 is 0 Å². The van der Waals surface area contributed by atoms with E-state index in [1.54, 1.807) is 0 Å². The Kier molecular flexibility index (Phi) is 2.97. The van der Waals surface area contributed by atoms with Crippen LogP contribution in [0, 0.1) is 5.41 Å². The zero-order valence-corrected chi connectivity index (χ0v) is 11.6. The van der Waals surface area contributed by atoms with E-state index in [0.29, 0.717) is 5.41 Å². The number of hydrogen-bond acceptors (Lipinski definition) is 3. The number of carbonyl (C=O) groups is 1. The van der Waals surface area contributed by atoms with Crippen molar-refractivity contribution >= 4 is 11.6 Å². The normalized spacial score (nSPS) is 21.5. The number of rotatable bonds is 2. The highest BCUT2D eigenvalue weighted by Crippen LogP contribution is 2.39. The van der Waals surface area contributed by atoms with E-state index in [-0.39, 0.29) is 5.91 Å². The van der Waals surface area contributed by atoms with Gasteiger partial charge in [0, 0.05) is 43.3 Å². The van der Waals surface area contributed by atoms with E-state index in [2.05, 4.69) is 17.3 Å². The molecule has 0 unspecified atom stereocenters. The van der Waals surface area contributed by atoms with Gasteiger partial charge >= 0.3 is 0 Å². The zero-order chi connectivity index (χ0) is 13.5. The number of anilines is 1. The second kappa shape index (κ2) is 4.53. The molecule has 2 fully saturated rings. The van der Waals surface area contributed by atoms with E-state index in [1.807, 2.05) is 36.2 Å². The molecule has 0 radical (unpaired) electrons. The van der Waals surface area contributed by atoms with Gasteiger partial charge in [0.2, 0.25) is 0 Å². The van der Waals surface area contributed by atoms with Crippen molar-refractivity contribution in [3.63, 3.8) is 0 Å². The second-order valence-electron chi connectivity index (χ2n) is 5.98. The first kappa shape index (κ1) is 12.5. The summed E-state index contributed by atoms with van der Waals surface area (Å²) in [6.07, 6.45) is 1.23. The van der Waals surface area contributed by atoms with E-state index in [1.165, 1.54) is 13.0 Å². The minimum absolute atomic E-state index is 0.169. The smallest absolute Gasteiger partial charge is 0.253 e. The van der Waals surface area contributed by atoms with Gasteiger partial charge in [-0.3, -0.25) is 4.79 Å². The molecule has 0 aliphatic carbocycles. The highest BCUT2D eigenvalue weighted by atomic mass is 16.2. The first-order valence-corrected chi connectivity index (χ1v) is 6.88. The van der Waals surface area contributed by atoms with Crippen LogP contribution in [-0.2, 0) is 0 Å². The molecule has 4 heteroatoms. The Morgan fingerprint density at radius 1 is 1.21 bits per heavy atom. The third-order valence-corrected chi connectivity index (χ3v) is 4.39. The maximum absolute atomic E-state index is 12.3. The Balaban J connectivity index is 1.63. The molecule has 2 aliphatic heterocycles. The lowest BCUT2D eigenvalue weighted by atomic mass is 9.79. The molecule has 0 aromatic heterocycles. The Morgan fingerprint density at radius 2 is 1.89 bits per heavy atom. The van der Waals surface area contributed by atoms with E-state index < -0.39 is 0 Å². The quantitative estimate of drug-likeness (QED) is 0.874. The third kappa shape index (κ3) is 2.21. The molecule has 2 aliphatic rings. The number of nitrogens with one attached hydrogen (secondary N) is 1. The summed E-state index contributed by atoms with van der Waals surface area (Å²) in [6.45, 7) is 4.14. The Hall–Kier alpha value is -1.55. The molecule has 0 bridgehead atoms. The molecule has 1 spiro atoms. The summed E-state index contributed by atoms with van der Waals surface area (Å²) in [6, 6.07) is 7.71. The van der Waals surface area contributed by atoms with Crippen LogP contribution in [0.1, 0.15) is 16.8 Å². The van der Waals surface area contributed by atoms with Crippen molar-refractivity contribution in [2.45, 2.75) is 6.42 Å². The number of benzene rings is 1. The largest absolute Gasteiger partial charge is 0.388 e. The van der Waals surface area contributed by atoms with Crippen LogP contribution in [0.3, 0.4) is 0 Å². The van der Waals surface area contributed by atoms with Gasteiger partial charge in [-0.25, -0.2) is 0 Å². The van der Waals surface area contributed by atoms with Crippen molar-refractivity contribution < 1.29 is 4.79 Å². The summed E-state index contributed by atoms with van der Waals surface area (Å²) in [5, 5.41) is 3.06. The zero-order valence-electron chi connectivity index (χ0n) is 11.6. The average Bonchev–Trinajstić information content (AvgIpc) is 2.79. The van der Waals surface area contributed by atoms with E-state index in [4.69, 9.17) is 0 Å². The molecular weight excluding hydrogens is 238 g/mol. The second-order valence-corrected chi connectivity index (χ2v) is 5.98. The standard InChI is InChI=1S/C15H21N3O/c1-16-13-5-3-12(4-6-13)14(19)18-10-15(11-18)7-8-17(2)9-15/h3-6,16H,7-11H2,1-2H3. The number of amides is 1. The van der Waals surface area contributed by atoms with Gasteiger partial charge in [0.25, 0.3) is 5.91 Å². The van der Waals surface area contributed by atoms with Crippen LogP contribution in [0.5, 0.6) is 0 Å². The topological polar surface area (TPSA) is 35.6 Å². The molecule has 2 saturated heterocycles. The number of hydrogen-bond donors (Lipinski definition) is 1. The minimum Gasteiger partial charge on any atom is -0.388 e. The number of nitrogens with zero attached hydrogens (tertiary/aromatic N) is 2. The van der Waals surface area contributed by atoms with Crippen LogP contribution < -0.4 is 5.32 Å². The predicted molar refractivity (Wildman–Crippen MR) is 76.4 cm³/mol. The molecule has 19 heavy (non-hydrogen) atoms. The SMILES string of the molecule is CNc1ccc(C(=O)N2CC3(CCN(C)C3)C2)cc1. The van der Waals surface area contributed by atoms with E-state index in [0.717, 1.165) is 30.9 Å². The first-order chi connectivity index (χ1) is 9.12. The van der Waals surface area contributed by atoms with Crippen LogP contribution in [-0.4, -0.2) is 56.0 Å². The fourth-order valence-electron chi connectivity index (χ4n) is 3.29. The van der Waals surface area contributed by atoms with Crippen molar-refractivity contribution in [2.75, 3.05) is 45.6 Å². The van der Waals surface area contributed by atoms with Crippen molar-refractivity contribution in [3.05, 3.63) is 29.8 Å². The van der Waals surface area contributed by atoms with Gasteiger partial charge < -0.3 is 15.1 Å². The molecular formula is C15H21N3O. The Labute approximate surface area is 114 Å². The van der Waals surface area contributed by atoms with Crippen molar-refractivity contribution in [2.24, 2.45) is 5.41 Å². The predicted octanol–water partition coefficient (Wildman–Crippen LogP) is 1.51. The fourth-order valence-corrected chi connectivity index (χ4v) is 3.29. The monoisotopic (exact) mass is 259 g/mol. The Bertz CT molecular complexity index is 477. The van der Waals surface area contributed by atoms with Gasteiger partial charge in [-0.2, -0.15) is 0 Å². The molecule has 1 aromatic rings. The van der Waals surface area contributed by atoms with Crippen LogP contribution in [0.25, 0.3) is 0 Å². The van der Waals surface area contributed by atoms with Gasteiger partial charge in [-0.15, -0.1) is 0 Å². The molecule has 4 nitrogen and oxygen atoms in total. The molecule has 1 aromatic carbocycles. The maximum atomic E-state index is 12.3. The van der Waals surface area contributed by atoms with Crippen molar-refractivity contribution in [1.82, 2.24) is 9.80 Å². The molecule has 1 amide bonds. The molecule has 102 valence electrons. The van der Waals surface area contributed by atoms with Crippen LogP contribution in [0.2, 0.25) is 0 Å². The highest BCUT2D eigenvalue weighted by molar-refractivity contribution is 5.95. The van der Waals surface area contributed by atoms with Gasteiger partial charge in [-0.1, -0.05) is 0 Å². The lowest BCUT2D eigenvalue weighted by Crippen LogP contribution is -2.59. The average molecular weight is 259 g/mol. The van der Waals surface area contributed by atoms with Crippen LogP contribution in [0.4, 0.5) is 5.69 Å². The lowest BCUT2D eigenvalue weighted by Gasteiger charge is -2.48. The van der Waals surface area contributed by atoms with Gasteiger partial charge in [-0.05, 0) is 44.3 Å². The summed E-state index contributed by atoms with van der Waals surface area (Å²) in [4.78, 5) is 16.7. The van der Waals surface area contributed by atoms with Crippen molar-refractivity contribution in [1.29, 1.82) is 0 Å². The lowest BCUT2D eigenvalue weighted by molar-refractivity contribution is 0.0118. The third-order valence-electron chi connectivity index (χ3n) is 4.39. The van der Waals surface area contributed by atoms with Crippen LogP contribution in [0.15, 0.2) is 24.3 Å².